The molecule has 0 bridgehead atoms. The summed E-state index contributed by atoms with van der Waals surface area (Å²) >= 11 is 0. The number of unbranched alkanes of at least 4 members (excludes halogenated alkanes) is 1. The van der Waals surface area contributed by atoms with Gasteiger partial charge in [-0.05, 0) is 158 Å². The average molecular weight is 1420 g/mol. The molecule has 4 fully saturated rings. The van der Waals surface area contributed by atoms with E-state index >= 15 is 0 Å². The molecule has 4 rings (SSSR count). The van der Waals surface area contributed by atoms with E-state index in [1.54, 1.807) is 0 Å². The molecule has 570 valence electrons. The van der Waals surface area contributed by atoms with Gasteiger partial charge in [0.05, 0.1) is 26.4 Å². The Labute approximate surface area is 596 Å². The number of hydrogen-bond acceptors (Lipinski definition) is 20. The lowest BCUT2D eigenvalue weighted by molar-refractivity contribution is -0.154. The van der Waals surface area contributed by atoms with Crippen LogP contribution in [0.1, 0.15) is 239 Å². The molecule has 4 aliphatic carbocycles. The first-order valence-corrected chi connectivity index (χ1v) is 36.1. The SMILES string of the molecule is C=CC(=O)OCCOC(=O)CC1CC(C)(C)CC(C)(CNC(=O)OCC(C)(C)COC(=O)NC2CC(C)(C)CC(C)(CCC(=O)OCCCCOC(=O)NC3CC(C)(C)CC(C)(CCC(=O)OCC(C)(C)COC(=O)CC4CC(C)(C)CC(C)(CNC(=O)OCCOC(=O)C=C)C4)C3)C2)C1. The second-order valence-electron chi connectivity index (χ2n) is 35.7. The molecule has 24 nitrogen and oxygen atoms in total. The minimum absolute atomic E-state index is 0.00227. The van der Waals surface area contributed by atoms with Gasteiger partial charge in [0.2, 0.25) is 0 Å². The zero-order chi connectivity index (χ0) is 75.0. The molecular weight excluding hydrogens is 1290 g/mol. The maximum atomic E-state index is 13.3. The highest BCUT2D eigenvalue weighted by atomic mass is 16.6. The summed E-state index contributed by atoms with van der Waals surface area (Å²) in [4.78, 5) is 126. The van der Waals surface area contributed by atoms with Crippen molar-refractivity contribution in [3.05, 3.63) is 25.3 Å². The summed E-state index contributed by atoms with van der Waals surface area (Å²) in [6.07, 6.45) is 11.9. The van der Waals surface area contributed by atoms with Crippen LogP contribution in [0.15, 0.2) is 25.3 Å². The molecule has 4 amide bonds. The molecule has 8 unspecified atom stereocenters. The van der Waals surface area contributed by atoms with Crippen LogP contribution < -0.4 is 21.3 Å². The Morgan fingerprint density at radius 2 is 0.690 bits per heavy atom. The molecule has 4 aliphatic rings. The molecule has 0 spiro atoms. The maximum absolute atomic E-state index is 13.3. The van der Waals surface area contributed by atoms with Gasteiger partial charge in [-0.15, -0.1) is 0 Å². The third kappa shape index (κ3) is 33.9. The van der Waals surface area contributed by atoms with Gasteiger partial charge >= 0.3 is 60.2 Å². The van der Waals surface area contributed by atoms with Gasteiger partial charge in [0.25, 0.3) is 0 Å². The van der Waals surface area contributed by atoms with E-state index < -0.39 is 47.1 Å². The summed E-state index contributed by atoms with van der Waals surface area (Å²) in [7, 11) is 0. The standard InChI is InChI=1S/C76H126N4O20/c1-19-57(81)92-29-30-94-61(85)33-53-35-67(3,4)46-76(18,37-53)48-78-64(88)99-51-72(13,14)52-100-66(90)80-56-40-70(9,10)43-73(15,42-56)25-23-59(83)91-27-21-22-28-95-65(89)79-55-39-69(7,8)44-74(16,41-55)26-24-60(84)97-49-71(11,12)50-98-62(86)34-54-36-68(5,6)45-75(17,38-54)47-77-63(87)96-32-31-93-58(82)20-2/h19-20,53-56H,1-2,21-52H2,3-18H3,(H,77,87)(H,78,88)(H,79,89)(H,80,90). The number of rotatable bonds is 37. The smallest absolute Gasteiger partial charge is 0.407 e. The largest absolute Gasteiger partial charge is 0.466 e. The van der Waals surface area contributed by atoms with Crippen LogP contribution in [0.25, 0.3) is 0 Å². The second-order valence-corrected chi connectivity index (χ2v) is 35.7. The summed E-state index contributed by atoms with van der Waals surface area (Å²) in [5.74, 6) is -2.48. The highest BCUT2D eigenvalue weighted by molar-refractivity contribution is 5.81. The quantitative estimate of drug-likeness (QED) is 0.0194. The normalized spacial score (nSPS) is 25.9. The van der Waals surface area contributed by atoms with Gasteiger partial charge in [-0.3, -0.25) is 19.2 Å². The first kappa shape index (κ1) is 85.8. The van der Waals surface area contributed by atoms with E-state index in [0.29, 0.717) is 64.5 Å². The molecule has 0 aromatic carbocycles. The summed E-state index contributed by atoms with van der Waals surface area (Å²) in [6, 6.07) is -0.369. The minimum atomic E-state index is -0.698. The summed E-state index contributed by atoms with van der Waals surface area (Å²) in [6.45, 7) is 40.7. The summed E-state index contributed by atoms with van der Waals surface area (Å²) in [5.41, 5.74) is -2.90. The number of carbonyl (C=O) groups is 10. The van der Waals surface area contributed by atoms with E-state index in [0.717, 1.165) is 63.5 Å². The van der Waals surface area contributed by atoms with Crippen molar-refractivity contribution in [2.75, 3.05) is 79.2 Å². The Hall–Kier alpha value is -6.62. The zero-order valence-electron chi connectivity index (χ0n) is 63.7. The lowest BCUT2D eigenvalue weighted by atomic mass is 9.60. The molecule has 100 heavy (non-hydrogen) atoms. The van der Waals surface area contributed by atoms with Crippen LogP contribution in [0, 0.1) is 66.0 Å². The van der Waals surface area contributed by atoms with Gasteiger partial charge in [0.15, 0.2) is 0 Å². The number of hydrogen-bond donors (Lipinski definition) is 4. The molecule has 4 N–H and O–H groups in total. The van der Waals surface area contributed by atoms with Gasteiger partial charge in [-0.25, -0.2) is 28.8 Å². The predicted molar refractivity (Wildman–Crippen MR) is 376 cm³/mol. The van der Waals surface area contributed by atoms with Crippen molar-refractivity contribution in [3.8, 4) is 0 Å². The Morgan fingerprint density at radius 3 is 1.14 bits per heavy atom. The topological polar surface area (TPSA) is 311 Å². The van der Waals surface area contributed by atoms with E-state index in [2.05, 4.69) is 118 Å². The molecule has 0 heterocycles. The van der Waals surface area contributed by atoms with Crippen LogP contribution in [-0.2, 0) is 76.1 Å². The maximum Gasteiger partial charge on any atom is 0.407 e. The number of ether oxygens (including phenoxy) is 10. The van der Waals surface area contributed by atoms with Crippen molar-refractivity contribution in [3.63, 3.8) is 0 Å². The minimum Gasteiger partial charge on any atom is -0.466 e. The van der Waals surface area contributed by atoms with Gasteiger partial charge in [0, 0.05) is 73.8 Å². The monoisotopic (exact) mass is 1410 g/mol. The fourth-order valence-electron chi connectivity index (χ4n) is 17.1. The molecule has 24 heteroatoms. The summed E-state index contributed by atoms with van der Waals surface area (Å²) in [5, 5.41) is 11.9. The first-order chi connectivity index (χ1) is 46.2. The number of esters is 6. The number of carbonyl (C=O) groups excluding carboxylic acids is 10. The lowest BCUT2D eigenvalue weighted by Gasteiger charge is -2.47. The van der Waals surface area contributed by atoms with Gasteiger partial charge in [-0.1, -0.05) is 124 Å². The second kappa shape index (κ2) is 37.5. The van der Waals surface area contributed by atoms with E-state index in [4.69, 9.17) is 47.4 Å². The van der Waals surface area contributed by atoms with Gasteiger partial charge in [0.1, 0.15) is 39.6 Å². The Kier molecular flexibility index (Phi) is 32.2. The predicted octanol–water partition coefficient (Wildman–Crippen LogP) is 13.5. The fraction of sp³-hybridized carbons (Fsp3) is 0.816. The fourth-order valence-corrected chi connectivity index (χ4v) is 17.1. The van der Waals surface area contributed by atoms with E-state index in [-0.39, 0.29) is 183 Å². The van der Waals surface area contributed by atoms with E-state index in [1.165, 1.54) is 0 Å². The summed E-state index contributed by atoms with van der Waals surface area (Å²) < 4.78 is 54.3. The molecular formula is C76H126N4O20. The first-order valence-electron chi connectivity index (χ1n) is 36.1. The highest BCUT2D eigenvalue weighted by Gasteiger charge is 2.46. The Bertz CT molecular complexity index is 2800. The van der Waals surface area contributed by atoms with Crippen LogP contribution in [-0.4, -0.2) is 151 Å². The van der Waals surface area contributed by atoms with Crippen LogP contribution >= 0.6 is 0 Å². The van der Waals surface area contributed by atoms with E-state index in [9.17, 15) is 47.9 Å². The molecule has 0 aliphatic heterocycles. The highest BCUT2D eigenvalue weighted by Crippen LogP contribution is 2.53. The number of amides is 4. The van der Waals surface area contributed by atoms with Crippen molar-refractivity contribution < 1.29 is 95.3 Å². The van der Waals surface area contributed by atoms with Crippen LogP contribution in [0.3, 0.4) is 0 Å². The number of alkyl carbamates (subject to hydrolysis) is 4. The molecule has 4 saturated carbocycles. The van der Waals surface area contributed by atoms with Gasteiger partial charge in [-0.2, -0.15) is 0 Å². The van der Waals surface area contributed by atoms with Crippen LogP contribution in [0.2, 0.25) is 0 Å². The Morgan fingerprint density at radius 1 is 0.370 bits per heavy atom. The molecule has 0 saturated heterocycles. The third-order valence-electron chi connectivity index (χ3n) is 19.6. The van der Waals surface area contributed by atoms with Crippen molar-refractivity contribution in [1.29, 1.82) is 0 Å². The molecule has 0 aromatic heterocycles. The van der Waals surface area contributed by atoms with Crippen molar-refractivity contribution >= 4 is 60.2 Å². The van der Waals surface area contributed by atoms with Crippen LogP contribution in [0.5, 0.6) is 0 Å². The third-order valence-corrected chi connectivity index (χ3v) is 19.6. The molecule has 0 radical (unpaired) electrons. The van der Waals surface area contributed by atoms with Crippen molar-refractivity contribution in [2.45, 2.75) is 251 Å². The van der Waals surface area contributed by atoms with Crippen molar-refractivity contribution in [2.24, 2.45) is 66.0 Å². The molecule has 0 aromatic rings. The Balaban J connectivity index is 1.09. The van der Waals surface area contributed by atoms with Crippen LogP contribution in [0.4, 0.5) is 19.2 Å². The number of nitrogens with one attached hydrogen (secondary N) is 4. The average Bonchev–Trinajstić information content (AvgIpc) is 0.820. The lowest BCUT2D eigenvalue weighted by Crippen LogP contribution is -2.47. The van der Waals surface area contributed by atoms with E-state index in [1.807, 2.05) is 27.7 Å². The van der Waals surface area contributed by atoms with Crippen molar-refractivity contribution in [1.82, 2.24) is 21.3 Å². The zero-order valence-corrected chi connectivity index (χ0v) is 63.7. The van der Waals surface area contributed by atoms with Gasteiger partial charge < -0.3 is 68.6 Å². The molecule has 8 atom stereocenters.